The van der Waals surface area contributed by atoms with E-state index < -0.39 is 5.97 Å². The average molecular weight is 499 g/mol. The molecule has 36 heavy (non-hydrogen) atoms. The first-order valence-corrected chi connectivity index (χ1v) is 12.0. The molecule has 182 valence electrons. The van der Waals surface area contributed by atoms with Gasteiger partial charge >= 0.3 is 5.97 Å². The third kappa shape index (κ3) is 3.99. The van der Waals surface area contributed by atoms with Gasteiger partial charge in [0.15, 0.2) is 5.11 Å². The van der Waals surface area contributed by atoms with E-state index in [2.05, 4.69) is 21.3 Å². The van der Waals surface area contributed by atoms with Crippen molar-refractivity contribution in [2.75, 3.05) is 12.0 Å². The summed E-state index contributed by atoms with van der Waals surface area (Å²) in [5.41, 5.74) is 5.58. The second-order valence-electron chi connectivity index (χ2n) is 8.68. The van der Waals surface area contributed by atoms with Crippen LogP contribution in [0.15, 0.2) is 79.0 Å². The van der Waals surface area contributed by atoms with Crippen molar-refractivity contribution in [3.8, 4) is 11.4 Å². The Morgan fingerprint density at radius 2 is 1.78 bits per heavy atom. The van der Waals surface area contributed by atoms with Crippen molar-refractivity contribution in [3.63, 3.8) is 0 Å². The number of thiocarbonyl (C=S) groups is 1. The molecule has 0 saturated carbocycles. The van der Waals surface area contributed by atoms with Gasteiger partial charge in [-0.1, -0.05) is 18.2 Å². The first-order chi connectivity index (χ1) is 17.4. The largest absolute Gasteiger partial charge is 0.497 e. The van der Waals surface area contributed by atoms with Crippen LogP contribution in [0.25, 0.3) is 5.69 Å². The smallest absolute Gasteiger partial charge is 0.337 e. The molecule has 2 unspecified atom stereocenters. The molecule has 5 rings (SSSR count). The molecule has 1 aliphatic rings. The fourth-order valence-electron chi connectivity index (χ4n) is 5.00. The van der Waals surface area contributed by atoms with Crippen molar-refractivity contribution >= 4 is 29.0 Å². The number of para-hydroxylation sites is 1. The van der Waals surface area contributed by atoms with Crippen molar-refractivity contribution in [1.29, 1.82) is 0 Å². The number of aryl methyl sites for hydroxylation is 1. The maximum Gasteiger partial charge on any atom is 0.337 e. The van der Waals surface area contributed by atoms with Crippen LogP contribution in [0, 0.1) is 13.8 Å². The summed E-state index contributed by atoms with van der Waals surface area (Å²) < 4.78 is 7.35. The number of hydrogen-bond donors (Lipinski definition) is 2. The van der Waals surface area contributed by atoms with Crippen molar-refractivity contribution < 1.29 is 14.6 Å². The van der Waals surface area contributed by atoms with Gasteiger partial charge in [-0.25, -0.2) is 4.79 Å². The van der Waals surface area contributed by atoms with Crippen LogP contribution < -0.4 is 15.0 Å². The Morgan fingerprint density at radius 1 is 1.06 bits per heavy atom. The second kappa shape index (κ2) is 9.47. The third-order valence-corrected chi connectivity index (χ3v) is 6.93. The van der Waals surface area contributed by atoms with Gasteiger partial charge in [0.1, 0.15) is 5.75 Å². The van der Waals surface area contributed by atoms with E-state index in [1.54, 1.807) is 25.4 Å². The topological polar surface area (TPSA) is 79.6 Å². The Morgan fingerprint density at radius 3 is 2.44 bits per heavy atom. The molecular weight excluding hydrogens is 472 g/mol. The quantitative estimate of drug-likeness (QED) is 0.346. The molecule has 2 aromatic heterocycles. The fourth-order valence-corrected chi connectivity index (χ4v) is 5.34. The molecule has 1 fully saturated rings. The molecule has 8 heteroatoms. The summed E-state index contributed by atoms with van der Waals surface area (Å²) in [5, 5.41) is 13.9. The van der Waals surface area contributed by atoms with Gasteiger partial charge in [0.2, 0.25) is 0 Å². The van der Waals surface area contributed by atoms with Gasteiger partial charge in [-0.15, -0.1) is 0 Å². The summed E-state index contributed by atoms with van der Waals surface area (Å²) >= 11 is 5.84. The molecule has 0 aliphatic carbocycles. The molecule has 0 radical (unpaired) electrons. The van der Waals surface area contributed by atoms with Crippen LogP contribution >= 0.6 is 12.2 Å². The number of ether oxygens (including phenoxy) is 1. The molecule has 2 atom stereocenters. The average Bonchev–Trinajstić information content (AvgIpc) is 3.39. The molecular formula is C28H26N4O3S. The van der Waals surface area contributed by atoms with Gasteiger partial charge in [0, 0.05) is 23.3 Å². The maximum atomic E-state index is 12.0. The van der Waals surface area contributed by atoms with Gasteiger partial charge in [-0.05, 0) is 86.2 Å². The highest BCUT2D eigenvalue weighted by molar-refractivity contribution is 7.80. The van der Waals surface area contributed by atoms with Gasteiger partial charge in [0.25, 0.3) is 0 Å². The Kier molecular flexibility index (Phi) is 6.20. The summed E-state index contributed by atoms with van der Waals surface area (Å²) in [4.78, 5) is 18.7. The van der Waals surface area contributed by atoms with Gasteiger partial charge in [0.05, 0.1) is 36.1 Å². The van der Waals surface area contributed by atoms with E-state index in [4.69, 9.17) is 17.0 Å². The highest BCUT2D eigenvalue weighted by Crippen LogP contribution is 2.44. The number of aromatic carboxylic acids is 1. The molecule has 0 spiro atoms. The van der Waals surface area contributed by atoms with Crippen LogP contribution in [0.3, 0.4) is 0 Å². The minimum absolute atomic E-state index is 0.204. The van der Waals surface area contributed by atoms with E-state index in [1.165, 1.54) is 0 Å². The lowest BCUT2D eigenvalue weighted by Gasteiger charge is -2.28. The highest BCUT2D eigenvalue weighted by Gasteiger charge is 2.42. The predicted octanol–water partition coefficient (Wildman–Crippen LogP) is 5.37. The Hall–Kier alpha value is -4.17. The summed E-state index contributed by atoms with van der Waals surface area (Å²) in [6.07, 6.45) is 1.78. The predicted molar refractivity (Wildman–Crippen MR) is 143 cm³/mol. The van der Waals surface area contributed by atoms with E-state index in [1.807, 2.05) is 73.0 Å². The minimum atomic E-state index is -0.963. The Bertz CT molecular complexity index is 1430. The molecule has 0 bridgehead atoms. The number of carboxylic acids is 1. The number of hydrogen-bond acceptors (Lipinski definition) is 4. The number of rotatable bonds is 6. The number of methoxy groups -OCH3 is 1. The first-order valence-electron chi connectivity index (χ1n) is 11.6. The van der Waals surface area contributed by atoms with Crippen molar-refractivity contribution in [3.05, 3.63) is 107 Å². The van der Waals surface area contributed by atoms with Crippen LogP contribution in [-0.4, -0.2) is 32.8 Å². The molecule has 1 aliphatic heterocycles. The lowest BCUT2D eigenvalue weighted by atomic mass is 9.96. The molecule has 1 saturated heterocycles. The Balaban J connectivity index is 1.69. The molecule has 3 heterocycles. The van der Waals surface area contributed by atoms with E-state index in [9.17, 15) is 9.90 Å². The normalized spacial score (nSPS) is 17.2. The number of carbonyl (C=O) groups is 1. The van der Waals surface area contributed by atoms with E-state index >= 15 is 0 Å². The van der Waals surface area contributed by atoms with E-state index in [-0.39, 0.29) is 17.6 Å². The Labute approximate surface area is 215 Å². The number of nitrogens with one attached hydrogen (secondary N) is 1. The molecule has 2 N–H and O–H groups in total. The number of benzene rings is 2. The van der Waals surface area contributed by atoms with Crippen LogP contribution in [0.2, 0.25) is 0 Å². The van der Waals surface area contributed by atoms with E-state index in [0.717, 1.165) is 34.1 Å². The molecule has 4 aromatic rings. The van der Waals surface area contributed by atoms with Gasteiger partial charge < -0.3 is 24.6 Å². The highest BCUT2D eigenvalue weighted by atomic mass is 32.1. The van der Waals surface area contributed by atoms with Crippen LogP contribution in [-0.2, 0) is 0 Å². The number of pyridine rings is 1. The first kappa shape index (κ1) is 23.6. The summed E-state index contributed by atoms with van der Waals surface area (Å²) in [6.45, 7) is 4.01. The van der Waals surface area contributed by atoms with Crippen LogP contribution in [0.4, 0.5) is 5.69 Å². The molecule has 7 nitrogen and oxygen atoms in total. The second-order valence-corrected chi connectivity index (χ2v) is 9.07. The van der Waals surface area contributed by atoms with Gasteiger partial charge in [-0.3, -0.25) is 4.98 Å². The lowest BCUT2D eigenvalue weighted by Crippen LogP contribution is -2.29. The van der Waals surface area contributed by atoms with Crippen molar-refractivity contribution in [2.24, 2.45) is 0 Å². The summed E-state index contributed by atoms with van der Waals surface area (Å²) in [5.74, 6) is -0.201. The van der Waals surface area contributed by atoms with E-state index in [0.29, 0.717) is 10.8 Å². The van der Waals surface area contributed by atoms with Crippen molar-refractivity contribution in [2.45, 2.75) is 25.9 Å². The monoisotopic (exact) mass is 498 g/mol. The number of aromatic nitrogens is 2. The molecule has 0 amide bonds. The third-order valence-electron chi connectivity index (χ3n) is 6.61. The number of anilines is 1. The zero-order valence-electron chi connectivity index (χ0n) is 20.2. The SMILES string of the molecule is COc1ccc(N2C(=S)NC(c3ccccn3)C2c2cc(C)n(-c3ccccc3C(=O)O)c2C)cc1. The lowest BCUT2D eigenvalue weighted by molar-refractivity contribution is 0.0697. The van der Waals surface area contributed by atoms with Gasteiger partial charge in [-0.2, -0.15) is 0 Å². The van der Waals surface area contributed by atoms with Crippen LogP contribution in [0.1, 0.15) is 45.1 Å². The summed E-state index contributed by atoms with van der Waals surface area (Å²) in [6, 6.07) is 22.4. The maximum absolute atomic E-state index is 12.0. The standard InChI is InChI=1S/C28H26N4O3S/c1-17-16-22(18(2)31(17)24-10-5-4-8-21(24)27(33)34)26-25(23-9-6-7-15-29-23)30-28(36)32(26)19-11-13-20(35-3)14-12-19/h4-16,25-26H,1-3H3,(H,30,36)(H,33,34). The summed E-state index contributed by atoms with van der Waals surface area (Å²) in [7, 11) is 1.64. The molecule has 2 aromatic carbocycles. The fraction of sp³-hybridized carbons (Fsp3) is 0.179. The minimum Gasteiger partial charge on any atom is -0.497 e. The number of nitrogens with zero attached hydrogens (tertiary/aromatic N) is 3. The zero-order valence-corrected chi connectivity index (χ0v) is 21.0. The zero-order chi connectivity index (χ0) is 25.4. The number of carboxylic acid groups (broad SMARTS) is 1. The van der Waals surface area contributed by atoms with Crippen LogP contribution in [0.5, 0.6) is 5.75 Å². The van der Waals surface area contributed by atoms with Crippen molar-refractivity contribution in [1.82, 2.24) is 14.9 Å².